The Bertz CT molecular complexity index is 1570. The fourth-order valence-corrected chi connectivity index (χ4v) is 6.03. The van der Waals surface area contributed by atoms with Crippen LogP contribution in [0.25, 0.3) is 22.5 Å². The molecule has 208 valence electrons. The molecule has 6 rings (SSSR count). The maximum absolute atomic E-state index is 13.8. The number of carbonyl (C=O) groups excluding carboxylic acids is 2. The van der Waals surface area contributed by atoms with Crippen molar-refractivity contribution in [3.8, 4) is 22.5 Å². The summed E-state index contributed by atoms with van der Waals surface area (Å²) in [5.74, 6) is -0.707. The van der Waals surface area contributed by atoms with E-state index in [1.165, 1.54) is 0 Å². The Morgan fingerprint density at radius 3 is 2.44 bits per heavy atom. The lowest BCUT2D eigenvalue weighted by Crippen LogP contribution is -2.39. The standard InChI is InChI=1S/C31H29N5O4S/c37-27-11-6-16-35(27)26-15-12-21(19-32-26)24-9-4-5-10-25(24)29-33-31(41-34-29)36(23-13-14-23)30(40)22(18-28(38)39)17-20-7-2-1-3-8-20/h1-5,7-10,12,15,19,22-23H,6,11,13-14,16-18H2,(H,38,39)/t22-/m1/s1. The minimum Gasteiger partial charge on any atom is -0.481 e. The molecule has 0 bridgehead atoms. The number of carboxylic acid groups (broad SMARTS) is 1. The van der Waals surface area contributed by atoms with Gasteiger partial charge in [-0.3, -0.25) is 24.2 Å². The van der Waals surface area contributed by atoms with Crippen molar-refractivity contribution in [2.45, 2.75) is 44.6 Å². The molecule has 2 aromatic heterocycles. The van der Waals surface area contributed by atoms with Crippen molar-refractivity contribution in [2.75, 3.05) is 16.3 Å². The molecule has 1 N–H and O–H groups in total. The van der Waals surface area contributed by atoms with Crippen LogP contribution in [0.5, 0.6) is 0 Å². The summed E-state index contributed by atoms with van der Waals surface area (Å²) in [6, 6.07) is 21.1. The van der Waals surface area contributed by atoms with Crippen molar-refractivity contribution in [3.63, 3.8) is 0 Å². The van der Waals surface area contributed by atoms with E-state index in [2.05, 4.69) is 9.36 Å². The summed E-state index contributed by atoms with van der Waals surface area (Å²) in [6.07, 6.45) is 4.93. The van der Waals surface area contributed by atoms with Gasteiger partial charge in [0.05, 0.1) is 12.3 Å². The van der Waals surface area contributed by atoms with Crippen LogP contribution in [0, 0.1) is 5.92 Å². The second kappa shape index (κ2) is 11.6. The molecule has 1 saturated carbocycles. The minimum absolute atomic E-state index is 0.00402. The Morgan fingerprint density at radius 2 is 1.78 bits per heavy atom. The van der Waals surface area contributed by atoms with Crippen LogP contribution in [0.15, 0.2) is 72.9 Å². The van der Waals surface area contributed by atoms with E-state index < -0.39 is 11.9 Å². The van der Waals surface area contributed by atoms with Gasteiger partial charge in [-0.2, -0.15) is 9.36 Å². The van der Waals surface area contributed by atoms with Gasteiger partial charge in [0.25, 0.3) is 0 Å². The Kier molecular flexibility index (Phi) is 7.56. The molecule has 9 nitrogen and oxygen atoms in total. The molecular formula is C31H29N5O4S. The molecule has 41 heavy (non-hydrogen) atoms. The molecule has 2 aliphatic rings. The fraction of sp³-hybridized carbons (Fsp3) is 0.290. The molecule has 4 aromatic rings. The normalized spacial score (nSPS) is 15.6. The molecule has 1 aliphatic carbocycles. The number of anilines is 2. The number of hydrogen-bond acceptors (Lipinski definition) is 7. The third-order valence-corrected chi connectivity index (χ3v) is 8.16. The van der Waals surface area contributed by atoms with Crippen molar-refractivity contribution in [2.24, 2.45) is 5.92 Å². The molecule has 1 atom stereocenters. The predicted molar refractivity (Wildman–Crippen MR) is 157 cm³/mol. The van der Waals surface area contributed by atoms with Crippen LogP contribution in [-0.2, 0) is 20.8 Å². The van der Waals surface area contributed by atoms with Crippen LogP contribution in [0.4, 0.5) is 10.9 Å². The van der Waals surface area contributed by atoms with E-state index in [4.69, 9.17) is 4.98 Å². The van der Waals surface area contributed by atoms with Crippen molar-refractivity contribution >= 4 is 40.3 Å². The van der Waals surface area contributed by atoms with Gasteiger partial charge in [0.1, 0.15) is 5.82 Å². The van der Waals surface area contributed by atoms with Crippen molar-refractivity contribution in [3.05, 3.63) is 78.5 Å². The average molecular weight is 568 g/mol. The van der Waals surface area contributed by atoms with Gasteiger partial charge in [-0.05, 0) is 48.9 Å². The van der Waals surface area contributed by atoms with E-state index >= 15 is 0 Å². The average Bonchev–Trinajstić information content (AvgIpc) is 3.53. The van der Waals surface area contributed by atoms with Gasteiger partial charge in [0, 0.05) is 47.9 Å². The van der Waals surface area contributed by atoms with Crippen molar-refractivity contribution in [1.82, 2.24) is 14.3 Å². The van der Waals surface area contributed by atoms with Gasteiger partial charge in [0.2, 0.25) is 16.9 Å². The molecule has 1 saturated heterocycles. The van der Waals surface area contributed by atoms with Crippen LogP contribution < -0.4 is 9.80 Å². The first-order chi connectivity index (χ1) is 20.0. The fourth-order valence-electron chi connectivity index (χ4n) is 5.26. The lowest BCUT2D eigenvalue weighted by Gasteiger charge is -2.24. The maximum Gasteiger partial charge on any atom is 0.304 e. The van der Waals surface area contributed by atoms with Gasteiger partial charge >= 0.3 is 5.97 Å². The van der Waals surface area contributed by atoms with Crippen LogP contribution in [0.1, 0.15) is 37.7 Å². The zero-order valence-corrected chi connectivity index (χ0v) is 23.2. The van der Waals surface area contributed by atoms with E-state index in [0.29, 0.717) is 36.2 Å². The van der Waals surface area contributed by atoms with E-state index in [1.807, 2.05) is 66.7 Å². The highest BCUT2D eigenvalue weighted by molar-refractivity contribution is 7.10. The molecule has 2 amide bonds. The van der Waals surface area contributed by atoms with Gasteiger partial charge in [-0.15, -0.1) is 0 Å². The number of pyridine rings is 1. The van der Waals surface area contributed by atoms with Crippen LogP contribution in [0.3, 0.4) is 0 Å². The number of carbonyl (C=O) groups is 3. The molecule has 0 radical (unpaired) electrons. The number of rotatable bonds is 10. The van der Waals surface area contributed by atoms with Crippen LogP contribution in [0.2, 0.25) is 0 Å². The van der Waals surface area contributed by atoms with Gasteiger partial charge in [0.15, 0.2) is 5.82 Å². The molecule has 1 aliphatic heterocycles. The quantitative estimate of drug-likeness (QED) is 0.279. The Hall–Kier alpha value is -4.44. The first-order valence-corrected chi connectivity index (χ1v) is 14.5. The number of benzene rings is 2. The topological polar surface area (TPSA) is 117 Å². The number of hydrogen-bond donors (Lipinski definition) is 1. The monoisotopic (exact) mass is 567 g/mol. The summed E-state index contributed by atoms with van der Waals surface area (Å²) in [6.45, 7) is 0.683. The molecule has 0 unspecified atom stereocenters. The zero-order valence-electron chi connectivity index (χ0n) is 22.3. The molecule has 0 spiro atoms. The molecule has 10 heteroatoms. The number of amides is 2. The third kappa shape index (κ3) is 5.88. The predicted octanol–water partition coefficient (Wildman–Crippen LogP) is 5.22. The SMILES string of the molecule is O=C(O)C[C@@H](Cc1ccccc1)C(=O)N(c1nc(-c2ccccc2-c2ccc(N3CCCC3=O)nc2)ns1)C1CC1. The van der Waals surface area contributed by atoms with E-state index in [-0.39, 0.29) is 24.3 Å². The first-order valence-electron chi connectivity index (χ1n) is 13.8. The number of carboxylic acids is 1. The van der Waals surface area contributed by atoms with Crippen LogP contribution in [-0.4, -0.2) is 49.8 Å². The van der Waals surface area contributed by atoms with Crippen molar-refractivity contribution in [1.29, 1.82) is 0 Å². The highest BCUT2D eigenvalue weighted by atomic mass is 32.1. The number of aliphatic carboxylic acids is 1. The summed E-state index contributed by atoms with van der Waals surface area (Å²) >= 11 is 1.15. The minimum atomic E-state index is -1.00. The Morgan fingerprint density at radius 1 is 1.02 bits per heavy atom. The summed E-state index contributed by atoms with van der Waals surface area (Å²) < 4.78 is 4.63. The highest BCUT2D eigenvalue weighted by Crippen LogP contribution is 2.38. The van der Waals surface area contributed by atoms with E-state index in [0.717, 1.165) is 53.0 Å². The second-order valence-electron chi connectivity index (χ2n) is 10.4. The lowest BCUT2D eigenvalue weighted by atomic mass is 9.94. The summed E-state index contributed by atoms with van der Waals surface area (Å²) in [5, 5.41) is 10.1. The lowest BCUT2D eigenvalue weighted by molar-refractivity contribution is -0.140. The molecule has 2 aromatic carbocycles. The number of aromatic nitrogens is 3. The maximum atomic E-state index is 13.8. The van der Waals surface area contributed by atoms with Crippen LogP contribution >= 0.6 is 11.5 Å². The largest absolute Gasteiger partial charge is 0.481 e. The molecular weight excluding hydrogens is 538 g/mol. The zero-order chi connectivity index (χ0) is 28.3. The van der Waals surface area contributed by atoms with E-state index in [9.17, 15) is 19.5 Å². The van der Waals surface area contributed by atoms with Crippen molar-refractivity contribution < 1.29 is 19.5 Å². The molecule has 3 heterocycles. The number of nitrogens with zero attached hydrogens (tertiary/aromatic N) is 5. The summed E-state index contributed by atoms with van der Waals surface area (Å²) in [7, 11) is 0. The second-order valence-corrected chi connectivity index (χ2v) is 11.2. The highest BCUT2D eigenvalue weighted by Gasteiger charge is 2.39. The summed E-state index contributed by atoms with van der Waals surface area (Å²) in [5.41, 5.74) is 3.48. The summed E-state index contributed by atoms with van der Waals surface area (Å²) in [4.78, 5) is 50.4. The van der Waals surface area contributed by atoms with Gasteiger partial charge in [-0.1, -0.05) is 54.6 Å². The smallest absolute Gasteiger partial charge is 0.304 e. The first kappa shape index (κ1) is 26.8. The third-order valence-electron chi connectivity index (χ3n) is 7.44. The molecule has 2 fully saturated rings. The van der Waals surface area contributed by atoms with Gasteiger partial charge in [-0.25, -0.2) is 4.98 Å². The van der Waals surface area contributed by atoms with Gasteiger partial charge < -0.3 is 5.11 Å². The van der Waals surface area contributed by atoms with E-state index in [1.54, 1.807) is 16.0 Å². The Balaban J connectivity index is 1.28. The Labute approximate surface area is 241 Å².